The second kappa shape index (κ2) is 6.31. The summed E-state index contributed by atoms with van der Waals surface area (Å²) in [6.07, 6.45) is 0. The van der Waals surface area contributed by atoms with E-state index in [1.807, 2.05) is 32.9 Å². The molecule has 80 valence electrons. The van der Waals surface area contributed by atoms with E-state index in [-0.39, 0.29) is 0 Å². The van der Waals surface area contributed by atoms with E-state index in [0.29, 0.717) is 5.92 Å². The average Bonchev–Trinajstić information content (AvgIpc) is 2.14. The lowest BCUT2D eigenvalue weighted by Gasteiger charge is -2.10. The molecule has 0 spiro atoms. The Hall–Kier alpha value is -0.200. The zero-order valence-electron chi connectivity index (χ0n) is 9.49. The van der Waals surface area contributed by atoms with E-state index in [1.165, 1.54) is 0 Å². The lowest BCUT2D eigenvalue weighted by Crippen LogP contribution is -1.91. The molecule has 1 rings (SSSR count). The summed E-state index contributed by atoms with van der Waals surface area (Å²) in [7, 11) is 0. The molecule has 14 heavy (non-hydrogen) atoms. The maximum Gasteiger partial charge on any atom is 0.0470 e. The number of aryl methyl sites for hydroxylation is 1. The first kappa shape index (κ1) is 13.8. The molecular formula is C12H18Cl2. The fourth-order valence-corrected chi connectivity index (χ4v) is 1.78. The van der Waals surface area contributed by atoms with Gasteiger partial charge in [0.1, 0.15) is 0 Å². The van der Waals surface area contributed by atoms with Crippen LogP contribution in [0.25, 0.3) is 0 Å². The molecule has 0 atom stereocenters. The molecular weight excluding hydrogens is 215 g/mol. The van der Waals surface area contributed by atoms with Crippen LogP contribution in [0.3, 0.4) is 0 Å². The summed E-state index contributed by atoms with van der Waals surface area (Å²) in [5.74, 6) is 0.426. The lowest BCUT2D eigenvalue weighted by atomic mass is 10.0. The number of hydrogen-bond donors (Lipinski definition) is 0. The number of hydrogen-bond acceptors (Lipinski definition) is 0. The average molecular weight is 233 g/mol. The van der Waals surface area contributed by atoms with Gasteiger partial charge in [0.25, 0.3) is 0 Å². The highest BCUT2D eigenvalue weighted by Gasteiger charge is 2.08. The van der Waals surface area contributed by atoms with E-state index in [9.17, 15) is 0 Å². The Morgan fingerprint density at radius 2 is 1.57 bits per heavy atom. The number of benzene rings is 1. The standard InChI is InChI=1S/C10H12Cl2.C2H6/c1-6(2)9-5-8(11)4-7(3)10(9)12;1-2/h4-6H,1-3H3;1-2H3. The third kappa shape index (κ3) is 3.51. The third-order valence-electron chi connectivity index (χ3n) is 1.87. The Kier molecular flexibility index (Phi) is 6.22. The van der Waals surface area contributed by atoms with Crippen LogP contribution in [0.2, 0.25) is 10.0 Å². The monoisotopic (exact) mass is 232 g/mol. The van der Waals surface area contributed by atoms with Crippen molar-refractivity contribution in [1.82, 2.24) is 0 Å². The molecule has 0 fully saturated rings. The number of rotatable bonds is 1. The molecule has 0 saturated carbocycles. The molecule has 0 unspecified atom stereocenters. The van der Waals surface area contributed by atoms with Crippen LogP contribution in [-0.4, -0.2) is 0 Å². The maximum atomic E-state index is 6.10. The molecule has 0 aliphatic carbocycles. The highest BCUT2D eigenvalue weighted by molar-refractivity contribution is 6.34. The Labute approximate surface area is 97.2 Å². The van der Waals surface area contributed by atoms with Crippen LogP contribution in [0.1, 0.15) is 44.7 Å². The summed E-state index contributed by atoms with van der Waals surface area (Å²) < 4.78 is 0. The van der Waals surface area contributed by atoms with Crippen molar-refractivity contribution in [2.45, 2.75) is 40.5 Å². The normalized spacial score (nSPS) is 9.71. The van der Waals surface area contributed by atoms with Crippen LogP contribution < -0.4 is 0 Å². The highest BCUT2D eigenvalue weighted by Crippen LogP contribution is 2.30. The van der Waals surface area contributed by atoms with E-state index >= 15 is 0 Å². The Bertz CT molecular complexity index is 291. The van der Waals surface area contributed by atoms with E-state index in [0.717, 1.165) is 21.2 Å². The first-order valence-corrected chi connectivity index (χ1v) is 5.73. The van der Waals surface area contributed by atoms with Crippen molar-refractivity contribution in [3.05, 3.63) is 33.3 Å². The molecule has 0 saturated heterocycles. The van der Waals surface area contributed by atoms with Gasteiger partial charge in [-0.2, -0.15) is 0 Å². The van der Waals surface area contributed by atoms with Crippen molar-refractivity contribution in [1.29, 1.82) is 0 Å². The first-order valence-electron chi connectivity index (χ1n) is 4.98. The summed E-state index contributed by atoms with van der Waals surface area (Å²) in [6.45, 7) is 10.2. The Morgan fingerprint density at radius 3 is 2.00 bits per heavy atom. The van der Waals surface area contributed by atoms with Crippen molar-refractivity contribution in [2.24, 2.45) is 0 Å². The minimum Gasteiger partial charge on any atom is -0.0843 e. The molecule has 0 aliphatic rings. The van der Waals surface area contributed by atoms with Gasteiger partial charge in [0.05, 0.1) is 0 Å². The van der Waals surface area contributed by atoms with Crippen molar-refractivity contribution in [3.8, 4) is 0 Å². The highest BCUT2D eigenvalue weighted by atomic mass is 35.5. The largest absolute Gasteiger partial charge is 0.0843 e. The third-order valence-corrected chi connectivity index (χ3v) is 2.60. The van der Waals surface area contributed by atoms with Gasteiger partial charge in [-0.25, -0.2) is 0 Å². The van der Waals surface area contributed by atoms with Crippen molar-refractivity contribution in [3.63, 3.8) is 0 Å². The van der Waals surface area contributed by atoms with Crippen molar-refractivity contribution in [2.75, 3.05) is 0 Å². The van der Waals surface area contributed by atoms with Crippen molar-refractivity contribution >= 4 is 23.2 Å². The summed E-state index contributed by atoms with van der Waals surface area (Å²) >= 11 is 12.0. The van der Waals surface area contributed by atoms with Crippen LogP contribution in [-0.2, 0) is 0 Å². The predicted octanol–water partition coefficient (Wildman–Crippen LogP) is 5.45. The van der Waals surface area contributed by atoms with Gasteiger partial charge < -0.3 is 0 Å². The van der Waals surface area contributed by atoms with Gasteiger partial charge in [0.2, 0.25) is 0 Å². The molecule has 1 aromatic rings. The maximum absolute atomic E-state index is 6.10. The van der Waals surface area contributed by atoms with E-state index in [1.54, 1.807) is 0 Å². The molecule has 0 aromatic heterocycles. The zero-order chi connectivity index (χ0) is 11.3. The zero-order valence-corrected chi connectivity index (χ0v) is 11.0. The van der Waals surface area contributed by atoms with Crippen LogP contribution in [0.4, 0.5) is 0 Å². The summed E-state index contributed by atoms with van der Waals surface area (Å²) in [5, 5.41) is 1.61. The van der Waals surface area contributed by atoms with Crippen molar-refractivity contribution < 1.29 is 0 Å². The first-order chi connectivity index (χ1) is 6.52. The fraction of sp³-hybridized carbons (Fsp3) is 0.500. The predicted molar refractivity (Wildman–Crippen MR) is 66.6 cm³/mol. The molecule has 0 aliphatic heterocycles. The molecule has 0 radical (unpaired) electrons. The Balaban J connectivity index is 0.000000791. The molecule has 0 N–H and O–H groups in total. The lowest BCUT2D eigenvalue weighted by molar-refractivity contribution is 0.865. The molecule has 0 bridgehead atoms. The van der Waals surface area contributed by atoms with Gasteiger partial charge >= 0.3 is 0 Å². The van der Waals surface area contributed by atoms with E-state index in [4.69, 9.17) is 23.2 Å². The minimum atomic E-state index is 0.426. The minimum absolute atomic E-state index is 0.426. The number of halogens is 2. The summed E-state index contributed by atoms with van der Waals surface area (Å²) in [4.78, 5) is 0. The van der Waals surface area contributed by atoms with E-state index in [2.05, 4.69) is 13.8 Å². The molecule has 0 nitrogen and oxygen atoms in total. The summed E-state index contributed by atoms with van der Waals surface area (Å²) in [5.41, 5.74) is 2.18. The van der Waals surface area contributed by atoms with Crippen LogP contribution in [0, 0.1) is 6.92 Å². The van der Waals surface area contributed by atoms with Gasteiger partial charge in [-0.1, -0.05) is 50.9 Å². The van der Waals surface area contributed by atoms with Crippen LogP contribution in [0.5, 0.6) is 0 Å². The fourth-order valence-electron chi connectivity index (χ4n) is 1.17. The topological polar surface area (TPSA) is 0 Å². The smallest absolute Gasteiger partial charge is 0.0470 e. The summed E-state index contributed by atoms with van der Waals surface area (Å²) in [6, 6.07) is 3.82. The van der Waals surface area contributed by atoms with Gasteiger partial charge in [-0.05, 0) is 36.1 Å². The van der Waals surface area contributed by atoms with Gasteiger partial charge in [-0.3, -0.25) is 0 Å². The molecule has 0 amide bonds. The van der Waals surface area contributed by atoms with Crippen LogP contribution in [0.15, 0.2) is 12.1 Å². The quantitative estimate of drug-likeness (QED) is 0.604. The molecule has 1 aromatic carbocycles. The Morgan fingerprint density at radius 1 is 1.07 bits per heavy atom. The van der Waals surface area contributed by atoms with Gasteiger partial charge in [0, 0.05) is 10.0 Å². The SMILES string of the molecule is CC.Cc1cc(Cl)cc(C(C)C)c1Cl. The second-order valence-corrected chi connectivity index (χ2v) is 4.09. The van der Waals surface area contributed by atoms with Crippen LogP contribution >= 0.6 is 23.2 Å². The van der Waals surface area contributed by atoms with Gasteiger partial charge in [0.15, 0.2) is 0 Å². The molecule has 2 heteroatoms. The van der Waals surface area contributed by atoms with Gasteiger partial charge in [-0.15, -0.1) is 0 Å². The second-order valence-electron chi connectivity index (χ2n) is 3.28. The van der Waals surface area contributed by atoms with E-state index < -0.39 is 0 Å². The molecule has 0 heterocycles.